The number of nitrogens with zero attached hydrogens (tertiary/aromatic N) is 4. The van der Waals surface area contributed by atoms with Crippen LogP contribution in [0.2, 0.25) is 0 Å². The summed E-state index contributed by atoms with van der Waals surface area (Å²) in [5.41, 5.74) is -0.652. The van der Waals surface area contributed by atoms with Gasteiger partial charge in [0.15, 0.2) is 0 Å². The zero-order valence-electron chi connectivity index (χ0n) is 8.35. The Bertz CT molecular complexity index is 579. The fourth-order valence-corrected chi connectivity index (χ4v) is 1.27. The SMILES string of the molecule is O=C(O)c1cnc(-n2cccn2)c([N+](=O)[O-])c1. The van der Waals surface area contributed by atoms with E-state index in [0.29, 0.717) is 0 Å². The molecule has 2 aromatic rings. The van der Waals surface area contributed by atoms with E-state index < -0.39 is 16.6 Å². The lowest BCUT2D eigenvalue weighted by Gasteiger charge is -2.02. The first kappa shape index (κ1) is 10.7. The normalized spacial score (nSPS) is 10.1. The van der Waals surface area contributed by atoms with Gasteiger partial charge in [-0.25, -0.2) is 14.5 Å². The lowest BCUT2D eigenvalue weighted by Crippen LogP contribution is -2.06. The molecule has 0 bridgehead atoms. The van der Waals surface area contributed by atoms with Crippen molar-refractivity contribution in [2.75, 3.05) is 0 Å². The molecule has 1 N–H and O–H groups in total. The monoisotopic (exact) mass is 234 g/mol. The molecule has 0 saturated carbocycles. The Hall–Kier alpha value is -2.77. The van der Waals surface area contributed by atoms with Crippen LogP contribution < -0.4 is 0 Å². The van der Waals surface area contributed by atoms with Crippen LogP contribution in [0.5, 0.6) is 0 Å². The van der Waals surface area contributed by atoms with Crippen LogP contribution in [0.3, 0.4) is 0 Å². The molecule has 8 heteroatoms. The number of hydrogen-bond acceptors (Lipinski definition) is 5. The number of nitro groups is 1. The molecule has 2 aromatic heterocycles. The van der Waals surface area contributed by atoms with Crippen LogP contribution in [0.15, 0.2) is 30.7 Å². The molecule has 2 rings (SSSR count). The number of rotatable bonds is 3. The molecule has 0 aliphatic rings. The molecule has 17 heavy (non-hydrogen) atoms. The fourth-order valence-electron chi connectivity index (χ4n) is 1.27. The highest BCUT2D eigenvalue weighted by atomic mass is 16.6. The lowest BCUT2D eigenvalue weighted by atomic mass is 10.2. The van der Waals surface area contributed by atoms with Crippen LogP contribution in [0.1, 0.15) is 10.4 Å². The zero-order valence-corrected chi connectivity index (χ0v) is 8.35. The summed E-state index contributed by atoms with van der Waals surface area (Å²) < 4.78 is 1.20. The van der Waals surface area contributed by atoms with Crippen LogP contribution in [0.25, 0.3) is 5.82 Å². The summed E-state index contributed by atoms with van der Waals surface area (Å²) in [6.45, 7) is 0. The molecule has 0 aromatic carbocycles. The number of pyridine rings is 1. The Kier molecular flexibility index (Phi) is 2.53. The minimum absolute atomic E-state index is 0.0231. The predicted octanol–water partition coefficient (Wildman–Crippen LogP) is 0.874. The summed E-state index contributed by atoms with van der Waals surface area (Å²) in [7, 11) is 0. The summed E-state index contributed by atoms with van der Waals surface area (Å²) in [5, 5.41) is 23.4. The van der Waals surface area contributed by atoms with E-state index in [-0.39, 0.29) is 11.4 Å². The zero-order chi connectivity index (χ0) is 12.4. The van der Waals surface area contributed by atoms with Crippen molar-refractivity contribution in [3.05, 3.63) is 46.4 Å². The van der Waals surface area contributed by atoms with Crippen molar-refractivity contribution < 1.29 is 14.8 Å². The van der Waals surface area contributed by atoms with Crippen molar-refractivity contribution in [2.24, 2.45) is 0 Å². The van der Waals surface area contributed by atoms with E-state index in [1.807, 2.05) is 0 Å². The van der Waals surface area contributed by atoms with E-state index in [0.717, 1.165) is 12.3 Å². The summed E-state index contributed by atoms with van der Waals surface area (Å²) >= 11 is 0. The van der Waals surface area contributed by atoms with Crippen molar-refractivity contribution in [2.45, 2.75) is 0 Å². The number of carbonyl (C=O) groups is 1. The Morgan fingerprint density at radius 3 is 2.82 bits per heavy atom. The number of aromatic nitrogens is 3. The van der Waals surface area contributed by atoms with Gasteiger partial charge >= 0.3 is 11.7 Å². The number of carboxylic acid groups (broad SMARTS) is 1. The van der Waals surface area contributed by atoms with E-state index in [2.05, 4.69) is 10.1 Å². The average molecular weight is 234 g/mol. The lowest BCUT2D eigenvalue weighted by molar-refractivity contribution is -0.385. The minimum Gasteiger partial charge on any atom is -0.478 e. The van der Waals surface area contributed by atoms with Gasteiger partial charge in [-0.2, -0.15) is 5.10 Å². The molecule has 0 fully saturated rings. The van der Waals surface area contributed by atoms with Crippen molar-refractivity contribution in [3.63, 3.8) is 0 Å². The second-order valence-corrected chi connectivity index (χ2v) is 3.08. The predicted molar refractivity (Wildman–Crippen MR) is 55.0 cm³/mol. The smallest absolute Gasteiger partial charge is 0.337 e. The Morgan fingerprint density at radius 1 is 1.53 bits per heavy atom. The van der Waals surface area contributed by atoms with E-state index in [1.54, 1.807) is 6.07 Å². The molecule has 86 valence electrons. The highest BCUT2D eigenvalue weighted by Crippen LogP contribution is 2.20. The third-order valence-electron chi connectivity index (χ3n) is 2.01. The number of hydrogen-bond donors (Lipinski definition) is 1. The second kappa shape index (κ2) is 4.00. The molecule has 0 amide bonds. The van der Waals surface area contributed by atoms with Gasteiger partial charge in [0.1, 0.15) is 0 Å². The Balaban J connectivity index is 2.61. The van der Waals surface area contributed by atoms with Gasteiger partial charge < -0.3 is 5.11 Å². The first-order chi connectivity index (χ1) is 8.09. The molecule has 0 radical (unpaired) electrons. The maximum absolute atomic E-state index is 10.8. The number of aromatic carboxylic acids is 1. The van der Waals surface area contributed by atoms with Gasteiger partial charge in [-0.1, -0.05) is 0 Å². The summed E-state index contributed by atoms with van der Waals surface area (Å²) in [4.78, 5) is 24.6. The second-order valence-electron chi connectivity index (χ2n) is 3.08. The third kappa shape index (κ3) is 1.95. The summed E-state index contributed by atoms with van der Waals surface area (Å²) in [6, 6.07) is 2.53. The molecular weight excluding hydrogens is 228 g/mol. The van der Waals surface area contributed by atoms with Gasteiger partial charge in [-0.15, -0.1) is 0 Å². The molecule has 0 atom stereocenters. The highest BCUT2D eigenvalue weighted by molar-refractivity contribution is 5.88. The van der Waals surface area contributed by atoms with E-state index >= 15 is 0 Å². The van der Waals surface area contributed by atoms with Gasteiger partial charge in [0.05, 0.1) is 10.5 Å². The molecule has 2 heterocycles. The van der Waals surface area contributed by atoms with E-state index in [9.17, 15) is 14.9 Å². The number of carboxylic acids is 1. The Labute approximate surface area is 94.3 Å². The maximum atomic E-state index is 10.8. The standard InChI is InChI=1S/C9H6N4O4/c14-9(15)6-4-7(13(16)17)8(10-5-6)12-3-1-2-11-12/h1-5H,(H,14,15). The van der Waals surface area contributed by atoms with Gasteiger partial charge in [0, 0.05) is 24.7 Å². The fraction of sp³-hybridized carbons (Fsp3) is 0. The molecule has 0 unspecified atom stereocenters. The maximum Gasteiger partial charge on any atom is 0.337 e. The van der Waals surface area contributed by atoms with Crippen LogP contribution in [-0.2, 0) is 0 Å². The highest BCUT2D eigenvalue weighted by Gasteiger charge is 2.20. The van der Waals surface area contributed by atoms with Crippen LogP contribution in [-0.4, -0.2) is 30.8 Å². The molecule has 0 saturated heterocycles. The van der Waals surface area contributed by atoms with E-state index in [1.165, 1.54) is 17.1 Å². The summed E-state index contributed by atoms with van der Waals surface area (Å²) in [5.74, 6) is -1.29. The van der Waals surface area contributed by atoms with Gasteiger partial charge in [0.2, 0.25) is 5.82 Å². The molecule has 0 spiro atoms. The quantitative estimate of drug-likeness (QED) is 0.623. The molecule has 0 aliphatic heterocycles. The van der Waals surface area contributed by atoms with Gasteiger partial charge in [-0.05, 0) is 6.07 Å². The summed E-state index contributed by atoms with van der Waals surface area (Å²) in [6.07, 6.45) is 3.97. The average Bonchev–Trinajstić information content (AvgIpc) is 2.81. The van der Waals surface area contributed by atoms with Gasteiger partial charge in [-0.3, -0.25) is 10.1 Å². The van der Waals surface area contributed by atoms with Crippen molar-refractivity contribution in [1.82, 2.24) is 14.8 Å². The minimum atomic E-state index is -1.27. The molecule has 8 nitrogen and oxygen atoms in total. The molecule has 0 aliphatic carbocycles. The van der Waals surface area contributed by atoms with Gasteiger partial charge in [0.25, 0.3) is 0 Å². The Morgan fingerprint density at radius 2 is 2.29 bits per heavy atom. The topological polar surface area (TPSA) is 111 Å². The first-order valence-corrected chi connectivity index (χ1v) is 4.47. The third-order valence-corrected chi connectivity index (χ3v) is 2.01. The largest absolute Gasteiger partial charge is 0.478 e. The van der Waals surface area contributed by atoms with Crippen molar-refractivity contribution >= 4 is 11.7 Å². The first-order valence-electron chi connectivity index (χ1n) is 4.47. The van der Waals surface area contributed by atoms with E-state index in [4.69, 9.17) is 5.11 Å². The molecular formula is C9H6N4O4. The van der Waals surface area contributed by atoms with Crippen LogP contribution >= 0.6 is 0 Å². The van der Waals surface area contributed by atoms with Crippen LogP contribution in [0, 0.1) is 10.1 Å². The van der Waals surface area contributed by atoms with Crippen molar-refractivity contribution in [3.8, 4) is 5.82 Å². The van der Waals surface area contributed by atoms with Crippen molar-refractivity contribution in [1.29, 1.82) is 0 Å². The van der Waals surface area contributed by atoms with Crippen LogP contribution in [0.4, 0.5) is 5.69 Å².